The van der Waals surface area contributed by atoms with E-state index in [0.29, 0.717) is 41.0 Å². The predicted molar refractivity (Wildman–Crippen MR) is 354 cm³/mol. The monoisotopic (exact) mass is 1410 g/mol. The maximum atomic E-state index is 14.1. The average Bonchev–Trinajstić information content (AvgIpc) is 0.855. The summed E-state index contributed by atoms with van der Waals surface area (Å²) >= 11 is 0. The van der Waals surface area contributed by atoms with Crippen molar-refractivity contribution in [3.8, 4) is 29.1 Å². The lowest BCUT2D eigenvalue weighted by atomic mass is 9.81. The number of nitrogens with one attached hydrogen (secondary N) is 3. The summed E-state index contributed by atoms with van der Waals surface area (Å²) in [6.45, 7) is 3.95. The zero-order valence-corrected chi connectivity index (χ0v) is 56.2. The van der Waals surface area contributed by atoms with Gasteiger partial charge in [-0.2, -0.15) is 4.31 Å². The van der Waals surface area contributed by atoms with E-state index in [1.165, 1.54) is 35.8 Å². The third kappa shape index (κ3) is 16.9. The molecule has 98 heavy (non-hydrogen) atoms. The van der Waals surface area contributed by atoms with Crippen molar-refractivity contribution in [3.05, 3.63) is 144 Å². The van der Waals surface area contributed by atoms with Gasteiger partial charge in [-0.05, 0) is 135 Å². The number of nitrogens with two attached hydrogens (primary N) is 1. The number of aromatic nitrogens is 3. The Balaban J connectivity index is 0.646. The fourth-order valence-electron chi connectivity index (χ4n) is 12.6. The summed E-state index contributed by atoms with van der Waals surface area (Å²) in [5.41, 5.74) is 24.3. The first-order chi connectivity index (χ1) is 47.1. The number of unbranched alkanes of at least 4 members (excludes halogenated alkanes) is 1. The van der Waals surface area contributed by atoms with Crippen molar-refractivity contribution < 1.29 is 89.5 Å². The Morgan fingerprint density at radius 2 is 1.67 bits per heavy atom. The van der Waals surface area contributed by atoms with Crippen LogP contribution in [0.5, 0.6) is 17.2 Å². The molecule has 518 valence electrons. The van der Waals surface area contributed by atoms with Gasteiger partial charge < -0.3 is 74.6 Å². The van der Waals surface area contributed by atoms with E-state index in [2.05, 4.69) is 80.4 Å². The van der Waals surface area contributed by atoms with Gasteiger partial charge in [0.05, 0.1) is 54.3 Å². The second-order valence-electron chi connectivity index (χ2n) is 23.7. The van der Waals surface area contributed by atoms with Gasteiger partial charge in [0.25, 0.3) is 11.8 Å². The number of benzene rings is 4. The summed E-state index contributed by atoms with van der Waals surface area (Å²) in [7, 11) is -15.3. The van der Waals surface area contributed by atoms with Crippen molar-refractivity contribution in [2.75, 3.05) is 89.6 Å². The van der Waals surface area contributed by atoms with Gasteiger partial charge in [0, 0.05) is 94.8 Å². The lowest BCUT2D eigenvalue weighted by Crippen LogP contribution is -2.36. The smallest absolute Gasteiger partial charge is 0.488 e. The number of anilines is 2. The van der Waals surface area contributed by atoms with E-state index in [1.807, 2.05) is 0 Å². The minimum absolute atomic E-state index is 0.0360. The van der Waals surface area contributed by atoms with Crippen molar-refractivity contribution in [1.82, 2.24) is 30.5 Å². The Morgan fingerprint density at radius 1 is 0.898 bits per heavy atom. The van der Waals surface area contributed by atoms with Gasteiger partial charge in [0.1, 0.15) is 54.5 Å². The summed E-state index contributed by atoms with van der Waals surface area (Å²) in [6, 6.07) is 15.2. The van der Waals surface area contributed by atoms with Crippen molar-refractivity contribution in [3.63, 3.8) is 0 Å². The van der Waals surface area contributed by atoms with E-state index in [1.54, 1.807) is 35.0 Å². The number of amides is 3. The Labute approximate surface area is 561 Å². The molecule has 34 heteroatoms. The van der Waals surface area contributed by atoms with Gasteiger partial charge in [-0.1, -0.05) is 36.4 Å². The summed E-state index contributed by atoms with van der Waals surface area (Å²) in [5.74, 6) is 4.99. The highest BCUT2D eigenvalue weighted by atomic mass is 31.3. The third-order valence-corrected chi connectivity index (χ3v) is 20.9. The van der Waals surface area contributed by atoms with Crippen molar-refractivity contribution in [1.29, 1.82) is 0 Å². The van der Waals surface area contributed by atoms with Gasteiger partial charge >= 0.3 is 29.2 Å². The lowest BCUT2D eigenvalue weighted by Gasteiger charge is -2.39. The van der Waals surface area contributed by atoms with Gasteiger partial charge in [0.2, 0.25) is 5.91 Å². The van der Waals surface area contributed by atoms with Crippen LogP contribution in [0.25, 0.3) is 27.0 Å². The fourth-order valence-corrected chi connectivity index (χ4v) is 16.1. The number of fused-ring (bicyclic) bond motifs is 5. The minimum Gasteiger partial charge on any atom is -0.491 e. The van der Waals surface area contributed by atoms with Crippen LogP contribution >= 0.6 is 23.2 Å². The third-order valence-electron chi connectivity index (χ3n) is 16.7. The molecule has 6 aromatic rings. The number of rotatable bonds is 29. The molecule has 0 bridgehead atoms. The summed E-state index contributed by atoms with van der Waals surface area (Å²) in [6.07, 6.45) is 8.82. The molecule has 31 nitrogen and oxygen atoms in total. The normalized spacial score (nSPS) is 18.0. The largest absolute Gasteiger partial charge is 0.491 e. The summed E-state index contributed by atoms with van der Waals surface area (Å²) in [4.78, 5) is 101. The van der Waals surface area contributed by atoms with Crippen LogP contribution < -0.4 is 46.6 Å². The molecule has 0 aliphatic carbocycles. The SMILES string of the molecule is CCCCc1c2c(cc3c1=NCCC3)=C(c1cc(C(=O)NCCNC(=O)c3cccc(OCC(N=[N+]=[N-])OCCOCC(=O)NCC#Cc4cn([C@H]5CC[C@@H](COP(=O)(O)OP(=O)(O)OP(C)(=O)O)O5)c5ncnc(N)c45)c3)ccc1C(=O)O)c1cc3c4c(c1O2)CCCN4CCC3. The Kier molecular flexibility index (Phi) is 22.5. The molecule has 1 fully saturated rings. The fraction of sp³-hybridized carbons (Fsp3) is 0.422. The molecule has 0 saturated carbocycles. The number of azide groups is 1. The topological polar surface area (TPSA) is 431 Å². The van der Waals surface area contributed by atoms with Crippen LogP contribution in [-0.2, 0) is 71.5 Å². The number of carbonyl (C=O) groups is 4. The second kappa shape index (κ2) is 31.1. The molecule has 5 aliphatic heterocycles. The zero-order valence-electron chi connectivity index (χ0n) is 53.5. The molecule has 4 unspecified atom stereocenters. The summed E-state index contributed by atoms with van der Waals surface area (Å²) < 4.78 is 80.1. The molecule has 7 heterocycles. The molecular weight excluding hydrogens is 1330 g/mol. The van der Waals surface area contributed by atoms with Crippen LogP contribution in [0.3, 0.4) is 0 Å². The number of nitrogens with zero attached hydrogens (tertiary/aromatic N) is 8. The number of phosphoric ester groups is 1. The number of aromatic carboxylic acids is 1. The van der Waals surface area contributed by atoms with Crippen LogP contribution in [0.1, 0.15) is 128 Å². The van der Waals surface area contributed by atoms with Gasteiger partial charge in [-0.25, -0.2) is 28.2 Å². The zero-order chi connectivity index (χ0) is 69.3. The van der Waals surface area contributed by atoms with Crippen LogP contribution in [0.4, 0.5) is 11.5 Å². The molecule has 1 saturated heterocycles. The molecule has 0 radical (unpaired) electrons. The van der Waals surface area contributed by atoms with Crippen LogP contribution in [0.15, 0.2) is 77.2 Å². The quantitative estimate of drug-likeness (QED) is 0.00597. The van der Waals surface area contributed by atoms with E-state index < -0.39 is 72.1 Å². The molecule has 6 atom stereocenters. The van der Waals surface area contributed by atoms with Crippen molar-refractivity contribution >= 4 is 75.0 Å². The lowest BCUT2D eigenvalue weighted by molar-refractivity contribution is -0.126. The number of hydrogen-bond donors (Lipinski definition) is 8. The summed E-state index contributed by atoms with van der Waals surface area (Å²) in [5, 5.41) is 24.9. The number of carbonyl (C=O) groups excluding carboxylic acids is 3. The number of phosphoric acid groups is 2. The molecule has 9 N–H and O–H groups in total. The van der Waals surface area contributed by atoms with E-state index in [9.17, 15) is 58.2 Å². The van der Waals surface area contributed by atoms with Gasteiger partial charge in [0.15, 0.2) is 6.23 Å². The number of ether oxygens (including phenoxy) is 5. The first-order valence-corrected chi connectivity index (χ1v) is 36.9. The molecule has 11 rings (SSSR count). The average molecular weight is 1410 g/mol. The molecule has 2 aromatic heterocycles. The highest BCUT2D eigenvalue weighted by Gasteiger charge is 2.41. The standard InChI is InChI=1S/C64H73N12O19P3/c1-3-4-15-46-56-38(11-6-22-68-56)30-49-55(50-31-39-13-8-25-75-26-9-16-47(57(39)75)59(50)93-58(46)49)48-32-41(17-19-45(48)64(80)81)63(79)70-24-23-69-62(78)40-10-5-14-43(29-40)90-36-52(73-74-66)89-28-27-88-35-51(77)67-21-7-12-42-33-76(61-54(42)60(65)71-37-72-61)53-20-18-44(92-53)34-91-97(84,85)95-98(86,87)94-96(2,82)83/h5,10,14,17,19,29-33,37,44,52-53H,3-4,6,8-9,11,13,15-16,18,20-28,34-36H2,1-2H3,(H,67,77)(H,69,78)(H,70,79)(H,80,81)(H,82,83)(H,84,85)(H,86,87)(H2,65,71,72)/t44-,52?,53+/m0/s1. The van der Waals surface area contributed by atoms with Gasteiger partial charge in [-0.15, -0.1) is 0 Å². The van der Waals surface area contributed by atoms with Crippen molar-refractivity contribution in [2.45, 2.75) is 96.1 Å². The van der Waals surface area contributed by atoms with Gasteiger partial charge in [-0.3, -0.25) is 28.5 Å². The van der Waals surface area contributed by atoms with Crippen LogP contribution in [0.2, 0.25) is 0 Å². The highest BCUT2D eigenvalue weighted by Crippen LogP contribution is 2.66. The van der Waals surface area contributed by atoms with E-state index >= 15 is 0 Å². The number of carboxylic acids is 1. The van der Waals surface area contributed by atoms with Crippen LogP contribution in [0, 0.1) is 11.8 Å². The number of hydrogen-bond acceptors (Lipinski definition) is 21. The van der Waals surface area contributed by atoms with E-state index in [-0.39, 0.29) is 80.7 Å². The maximum Gasteiger partial charge on any atom is 0.488 e. The molecular formula is C64H73N12O19P3. The molecule has 3 amide bonds. The Hall–Kier alpha value is -8.55. The number of carboxylic acid groups (broad SMARTS) is 1. The minimum atomic E-state index is -5.46. The molecule has 0 spiro atoms. The van der Waals surface area contributed by atoms with E-state index in [4.69, 9.17) is 38.9 Å². The Bertz CT molecular complexity index is 4510. The molecule has 4 aromatic carbocycles. The van der Waals surface area contributed by atoms with Crippen molar-refractivity contribution in [2.24, 2.45) is 10.1 Å². The highest BCUT2D eigenvalue weighted by molar-refractivity contribution is 7.68. The van der Waals surface area contributed by atoms with Crippen LogP contribution in [-0.4, -0.2) is 149 Å². The number of aryl methyl sites for hydroxylation is 2. The van der Waals surface area contributed by atoms with E-state index in [0.717, 1.165) is 122 Å². The Morgan fingerprint density at radius 3 is 2.44 bits per heavy atom. The first-order valence-electron chi connectivity index (χ1n) is 31.9. The maximum absolute atomic E-state index is 14.1. The predicted octanol–water partition coefficient (Wildman–Crippen LogP) is 6.79. The first kappa shape index (κ1) is 70.8. The molecule has 5 aliphatic rings. The number of nitrogen functional groups attached to an aromatic ring is 1. The second-order valence-corrected chi connectivity index (χ2v) is 28.8.